The van der Waals surface area contributed by atoms with Crippen LogP contribution in [0.15, 0.2) is 35.4 Å². The van der Waals surface area contributed by atoms with E-state index < -0.39 is 11.6 Å². The number of carboxylic acids is 1. The molecule has 0 fully saturated rings. The van der Waals surface area contributed by atoms with Gasteiger partial charge in [0, 0.05) is 0 Å². The summed E-state index contributed by atoms with van der Waals surface area (Å²) in [7, 11) is 0. The van der Waals surface area contributed by atoms with Gasteiger partial charge in [0.2, 0.25) is 0 Å². The molecular formula is C22H28O4. The lowest BCUT2D eigenvalue weighted by Gasteiger charge is -2.33. The highest BCUT2D eigenvalue weighted by Gasteiger charge is 2.31. The third kappa shape index (κ3) is 4.57. The molecule has 1 aromatic carbocycles. The quantitative estimate of drug-likeness (QED) is 0.660. The van der Waals surface area contributed by atoms with Gasteiger partial charge in [-0.2, -0.15) is 0 Å². The van der Waals surface area contributed by atoms with E-state index in [1.165, 1.54) is 11.6 Å². The summed E-state index contributed by atoms with van der Waals surface area (Å²) in [6.07, 6.45) is 10.1. The van der Waals surface area contributed by atoms with Gasteiger partial charge in [-0.3, -0.25) is 0 Å². The number of benzene rings is 1. The molecule has 1 atom stereocenters. The van der Waals surface area contributed by atoms with Crippen molar-refractivity contribution >= 4 is 12.0 Å². The van der Waals surface area contributed by atoms with E-state index >= 15 is 0 Å². The first-order valence-electron chi connectivity index (χ1n) is 8.90. The third-order valence-electron chi connectivity index (χ3n) is 4.46. The molecule has 2 N–H and O–H groups in total. The monoisotopic (exact) mass is 356 g/mol. The van der Waals surface area contributed by atoms with E-state index in [1.807, 2.05) is 32.9 Å². The minimum absolute atomic E-state index is 0.0951. The predicted octanol–water partition coefficient (Wildman–Crippen LogP) is 5.51. The fourth-order valence-corrected chi connectivity index (χ4v) is 2.95. The first-order chi connectivity index (χ1) is 12.1. The van der Waals surface area contributed by atoms with Crippen molar-refractivity contribution in [1.82, 2.24) is 0 Å². The lowest BCUT2D eigenvalue weighted by Crippen LogP contribution is -2.32. The van der Waals surface area contributed by atoms with Gasteiger partial charge >= 0.3 is 5.97 Å². The molecule has 1 aliphatic heterocycles. The van der Waals surface area contributed by atoms with Crippen LogP contribution in [0, 0.1) is 0 Å². The number of carbonyl (C=O) groups is 1. The summed E-state index contributed by atoms with van der Waals surface area (Å²) < 4.78 is 6.28. The van der Waals surface area contributed by atoms with Crippen LogP contribution >= 0.6 is 0 Å². The Kier molecular flexibility index (Phi) is 5.96. The second-order valence-corrected chi connectivity index (χ2v) is 7.53. The summed E-state index contributed by atoms with van der Waals surface area (Å²) in [5.41, 5.74) is 3.04. The van der Waals surface area contributed by atoms with E-state index in [1.54, 1.807) is 6.08 Å². The van der Waals surface area contributed by atoms with Crippen molar-refractivity contribution in [3.8, 4) is 11.5 Å². The number of ether oxygens (including phenoxy) is 1. The number of phenols is 1. The normalized spacial score (nSPS) is 17.9. The van der Waals surface area contributed by atoms with Crippen molar-refractivity contribution in [3.63, 3.8) is 0 Å². The van der Waals surface area contributed by atoms with Crippen molar-refractivity contribution in [1.29, 1.82) is 0 Å². The van der Waals surface area contributed by atoms with Gasteiger partial charge in [0.05, 0.1) is 5.56 Å². The molecule has 1 heterocycles. The molecule has 4 nitrogen and oxygen atoms in total. The van der Waals surface area contributed by atoms with Crippen LogP contribution in [0.5, 0.6) is 11.5 Å². The standard InChI is InChI=1S/C22H28O4/c1-14(2)7-6-11-22(5)12-10-17-19(23)18(21(24)25)13-16(20(17)26-22)9-8-15(3)4/h7-8,10,12-13,23H,6,9,11H2,1-5H3,(H,24,25). The smallest absolute Gasteiger partial charge is 0.339 e. The lowest BCUT2D eigenvalue weighted by molar-refractivity contribution is 0.0693. The first-order valence-corrected chi connectivity index (χ1v) is 8.90. The lowest BCUT2D eigenvalue weighted by atomic mass is 9.91. The van der Waals surface area contributed by atoms with Crippen molar-refractivity contribution in [3.05, 3.63) is 52.1 Å². The van der Waals surface area contributed by atoms with Crippen LogP contribution < -0.4 is 4.74 Å². The van der Waals surface area contributed by atoms with Crippen LogP contribution in [-0.4, -0.2) is 21.8 Å². The van der Waals surface area contributed by atoms with Gasteiger partial charge in [-0.25, -0.2) is 4.79 Å². The highest BCUT2D eigenvalue weighted by Crippen LogP contribution is 2.43. The Morgan fingerprint density at radius 2 is 1.85 bits per heavy atom. The number of aromatic hydroxyl groups is 1. The van der Waals surface area contributed by atoms with E-state index in [-0.39, 0.29) is 11.3 Å². The number of rotatable bonds is 6. The van der Waals surface area contributed by atoms with E-state index in [4.69, 9.17) is 4.74 Å². The molecule has 0 aliphatic carbocycles. The molecule has 0 amide bonds. The number of aromatic carboxylic acids is 1. The number of fused-ring (bicyclic) bond motifs is 1. The summed E-state index contributed by atoms with van der Waals surface area (Å²) in [5, 5.41) is 19.8. The minimum Gasteiger partial charge on any atom is -0.506 e. The van der Waals surface area contributed by atoms with Crippen LogP contribution in [0.3, 0.4) is 0 Å². The van der Waals surface area contributed by atoms with E-state index in [2.05, 4.69) is 19.9 Å². The second-order valence-electron chi connectivity index (χ2n) is 7.53. The topological polar surface area (TPSA) is 66.8 Å². The Labute approximate surface area is 155 Å². The van der Waals surface area contributed by atoms with Crippen molar-refractivity contribution < 1.29 is 19.7 Å². The molecule has 0 spiro atoms. The predicted molar refractivity (Wildman–Crippen MR) is 105 cm³/mol. The van der Waals surface area contributed by atoms with Gasteiger partial charge in [-0.15, -0.1) is 0 Å². The fourth-order valence-electron chi connectivity index (χ4n) is 2.95. The molecule has 2 rings (SSSR count). The number of hydrogen-bond acceptors (Lipinski definition) is 3. The number of allylic oxidation sites excluding steroid dienone is 4. The highest BCUT2D eigenvalue weighted by atomic mass is 16.5. The zero-order chi connectivity index (χ0) is 19.5. The van der Waals surface area contributed by atoms with Gasteiger partial charge in [-0.1, -0.05) is 23.3 Å². The molecular weight excluding hydrogens is 328 g/mol. The Morgan fingerprint density at radius 3 is 2.42 bits per heavy atom. The maximum atomic E-state index is 11.5. The van der Waals surface area contributed by atoms with E-state index in [9.17, 15) is 15.0 Å². The van der Waals surface area contributed by atoms with Gasteiger partial charge in [0.25, 0.3) is 0 Å². The fraction of sp³-hybridized carbons (Fsp3) is 0.409. The molecule has 0 saturated carbocycles. The molecule has 1 unspecified atom stereocenters. The molecule has 1 aliphatic rings. The Hall–Kier alpha value is -2.49. The van der Waals surface area contributed by atoms with Gasteiger partial charge in [0.1, 0.15) is 22.7 Å². The third-order valence-corrected chi connectivity index (χ3v) is 4.46. The maximum absolute atomic E-state index is 11.5. The highest BCUT2D eigenvalue weighted by molar-refractivity contribution is 5.94. The summed E-state index contributed by atoms with van der Waals surface area (Å²) in [5.74, 6) is -0.808. The summed E-state index contributed by atoms with van der Waals surface area (Å²) in [6.45, 7) is 10.1. The first kappa shape index (κ1) is 19.8. The Bertz CT molecular complexity index is 791. The minimum atomic E-state index is -1.14. The molecule has 0 bridgehead atoms. The van der Waals surface area contributed by atoms with Crippen LogP contribution in [0.25, 0.3) is 6.08 Å². The van der Waals surface area contributed by atoms with E-state index in [0.29, 0.717) is 17.7 Å². The molecule has 4 heteroatoms. The number of hydrogen-bond donors (Lipinski definition) is 2. The van der Waals surface area contributed by atoms with Crippen molar-refractivity contribution in [2.24, 2.45) is 0 Å². The molecule has 0 aromatic heterocycles. The molecule has 140 valence electrons. The van der Waals surface area contributed by atoms with Crippen molar-refractivity contribution in [2.75, 3.05) is 0 Å². The van der Waals surface area contributed by atoms with Crippen molar-refractivity contribution in [2.45, 2.75) is 59.5 Å². The largest absolute Gasteiger partial charge is 0.506 e. The Balaban J connectivity index is 2.46. The van der Waals surface area contributed by atoms with Crippen LogP contribution in [-0.2, 0) is 6.42 Å². The van der Waals surface area contributed by atoms with Crippen LogP contribution in [0.1, 0.15) is 68.9 Å². The maximum Gasteiger partial charge on any atom is 0.339 e. The van der Waals surface area contributed by atoms with Gasteiger partial charge in [-0.05, 0) is 77.7 Å². The second kappa shape index (κ2) is 7.81. The zero-order valence-corrected chi connectivity index (χ0v) is 16.2. The van der Waals surface area contributed by atoms with E-state index in [0.717, 1.165) is 24.0 Å². The average molecular weight is 356 g/mol. The summed E-state index contributed by atoms with van der Waals surface area (Å²) >= 11 is 0. The summed E-state index contributed by atoms with van der Waals surface area (Å²) in [6, 6.07) is 1.52. The van der Waals surface area contributed by atoms with Crippen LogP contribution in [0.4, 0.5) is 0 Å². The Morgan fingerprint density at radius 1 is 1.19 bits per heavy atom. The summed E-state index contributed by atoms with van der Waals surface area (Å²) in [4.78, 5) is 11.5. The molecule has 26 heavy (non-hydrogen) atoms. The molecule has 1 aromatic rings. The van der Waals surface area contributed by atoms with Gasteiger partial charge in [0.15, 0.2) is 0 Å². The van der Waals surface area contributed by atoms with Gasteiger partial charge < -0.3 is 14.9 Å². The molecule has 0 radical (unpaired) electrons. The van der Waals surface area contributed by atoms with Crippen LogP contribution in [0.2, 0.25) is 0 Å². The molecule has 0 saturated heterocycles. The average Bonchev–Trinajstić information content (AvgIpc) is 2.53. The number of carboxylic acid groups (broad SMARTS) is 1. The zero-order valence-electron chi connectivity index (χ0n) is 16.2. The SMILES string of the molecule is CC(C)=CCCC1(C)C=Cc2c(O)c(C(=O)O)cc(CC=C(C)C)c2O1.